The van der Waals surface area contributed by atoms with Gasteiger partial charge in [-0.3, -0.25) is 4.79 Å². The fourth-order valence-corrected chi connectivity index (χ4v) is 5.99. The van der Waals surface area contributed by atoms with Gasteiger partial charge < -0.3 is 25.5 Å². The maximum Gasteiger partial charge on any atom is 0.332 e. The van der Waals surface area contributed by atoms with Crippen LogP contribution in [0.2, 0.25) is 0 Å². The Morgan fingerprint density at radius 1 is 1.29 bits per heavy atom. The van der Waals surface area contributed by atoms with Crippen molar-refractivity contribution in [2.24, 2.45) is 11.8 Å². The van der Waals surface area contributed by atoms with Crippen molar-refractivity contribution in [1.29, 1.82) is 5.26 Å². The summed E-state index contributed by atoms with van der Waals surface area (Å²) in [6, 6.07) is 1.99. The lowest BCUT2D eigenvalue weighted by Gasteiger charge is -2.60. The fourth-order valence-electron chi connectivity index (χ4n) is 5.99. The van der Waals surface area contributed by atoms with Gasteiger partial charge in [-0.2, -0.15) is 5.26 Å². The Morgan fingerprint density at radius 2 is 1.89 bits per heavy atom. The molecule has 4 aliphatic carbocycles. The Balaban J connectivity index is 0.000000330. The molecule has 0 radical (unpaired) electrons. The van der Waals surface area contributed by atoms with Gasteiger partial charge >= 0.3 is 5.97 Å². The second-order valence-corrected chi connectivity index (χ2v) is 9.21. The quantitative estimate of drug-likeness (QED) is 0.550. The zero-order chi connectivity index (χ0) is 20.5. The first-order chi connectivity index (χ1) is 13.2. The molecule has 0 aromatic heterocycles. The van der Waals surface area contributed by atoms with Gasteiger partial charge in [0.25, 0.3) is 0 Å². The molecule has 1 amide bonds. The van der Waals surface area contributed by atoms with Gasteiger partial charge in [0.05, 0.1) is 18.2 Å². The van der Waals surface area contributed by atoms with Gasteiger partial charge in [-0.1, -0.05) is 0 Å². The Hall–Kier alpha value is -1.69. The minimum atomic E-state index is -1.23. The maximum atomic E-state index is 12.4. The highest BCUT2D eigenvalue weighted by atomic mass is 16.4. The molecule has 4 N–H and O–H groups in total. The topological polar surface area (TPSA) is 134 Å². The smallest absolute Gasteiger partial charge is 0.332 e. The van der Waals surface area contributed by atoms with Crippen LogP contribution in [0.15, 0.2) is 0 Å². The average Bonchev–Trinajstić information content (AvgIpc) is 3.07. The summed E-state index contributed by atoms with van der Waals surface area (Å²) in [6.45, 7) is 2.22. The van der Waals surface area contributed by atoms with Crippen molar-refractivity contribution >= 4 is 11.9 Å². The molecule has 1 saturated heterocycles. The molecule has 156 valence electrons. The van der Waals surface area contributed by atoms with Gasteiger partial charge in [0.15, 0.2) is 0 Å². The van der Waals surface area contributed by atoms with Crippen LogP contribution in [-0.4, -0.2) is 68.5 Å². The Labute approximate surface area is 165 Å². The van der Waals surface area contributed by atoms with Crippen molar-refractivity contribution < 1.29 is 24.9 Å². The third-order valence-corrected chi connectivity index (χ3v) is 6.72. The monoisotopic (exact) mass is 393 g/mol. The number of likely N-dealkylation sites (tertiary alicyclic amines) is 1. The zero-order valence-electron chi connectivity index (χ0n) is 16.4. The lowest BCUT2D eigenvalue weighted by molar-refractivity contribution is -0.147. The number of nitrogens with zero attached hydrogens (tertiary/aromatic N) is 2. The molecule has 8 heteroatoms. The van der Waals surface area contributed by atoms with Gasteiger partial charge in [-0.25, -0.2) is 4.79 Å². The van der Waals surface area contributed by atoms with Crippen LogP contribution < -0.4 is 5.32 Å². The van der Waals surface area contributed by atoms with E-state index in [1.165, 1.54) is 13.3 Å². The highest BCUT2D eigenvalue weighted by Crippen LogP contribution is 2.57. The first-order valence-electron chi connectivity index (χ1n) is 10.2. The lowest BCUT2D eigenvalue weighted by Crippen LogP contribution is -2.65. The molecule has 3 unspecified atom stereocenters. The molecular formula is C20H31N3O5. The first-order valence-corrected chi connectivity index (χ1v) is 10.2. The number of carbonyl (C=O) groups excluding carboxylic acids is 1. The number of amides is 1. The van der Waals surface area contributed by atoms with E-state index in [2.05, 4.69) is 11.4 Å². The number of aliphatic hydroxyl groups excluding tert-OH is 1. The minimum Gasteiger partial charge on any atom is -0.479 e. The summed E-state index contributed by atoms with van der Waals surface area (Å²) < 4.78 is 0. The van der Waals surface area contributed by atoms with E-state index < -0.39 is 17.7 Å². The van der Waals surface area contributed by atoms with Gasteiger partial charge in [0, 0.05) is 12.1 Å². The molecule has 5 rings (SSSR count). The van der Waals surface area contributed by atoms with E-state index in [4.69, 9.17) is 15.5 Å². The van der Waals surface area contributed by atoms with Crippen LogP contribution >= 0.6 is 0 Å². The number of nitrogens with one attached hydrogen (secondary N) is 1. The van der Waals surface area contributed by atoms with Crippen LogP contribution in [0.4, 0.5) is 0 Å². The number of aliphatic hydroxyl groups is 2. The van der Waals surface area contributed by atoms with Crippen LogP contribution in [0.25, 0.3) is 0 Å². The highest BCUT2D eigenvalue weighted by Gasteiger charge is 2.57. The number of nitriles is 1. The number of aliphatic carboxylic acids is 1. The molecule has 5 aliphatic rings. The predicted molar refractivity (Wildman–Crippen MR) is 100 cm³/mol. The average molecular weight is 393 g/mol. The molecule has 8 nitrogen and oxygen atoms in total. The van der Waals surface area contributed by atoms with E-state index >= 15 is 0 Å². The number of carbonyl (C=O) groups is 2. The summed E-state index contributed by atoms with van der Waals surface area (Å²) in [4.78, 5) is 23.6. The van der Waals surface area contributed by atoms with E-state index in [0.29, 0.717) is 24.9 Å². The fraction of sp³-hybridized carbons (Fsp3) is 0.850. The molecule has 5 fully saturated rings. The molecule has 0 aromatic rings. The van der Waals surface area contributed by atoms with Crippen molar-refractivity contribution in [3.63, 3.8) is 0 Å². The normalized spacial score (nSPS) is 39.1. The molecule has 1 heterocycles. The molecule has 1 aliphatic heterocycles. The predicted octanol–water partition coefficient (Wildman–Crippen LogP) is 0.626. The van der Waals surface area contributed by atoms with Gasteiger partial charge in [0.2, 0.25) is 5.91 Å². The van der Waals surface area contributed by atoms with Crippen molar-refractivity contribution in [2.75, 3.05) is 13.1 Å². The van der Waals surface area contributed by atoms with Gasteiger partial charge in [-0.05, 0) is 70.1 Å². The number of hydrogen-bond donors (Lipinski definition) is 4. The van der Waals surface area contributed by atoms with Crippen molar-refractivity contribution in [3.05, 3.63) is 0 Å². The van der Waals surface area contributed by atoms with Gasteiger partial charge in [-0.15, -0.1) is 0 Å². The SMILES string of the molecule is CC(O)C(=O)O.N#C[C@@H]1CCCN1C(=O)CNC12CC3CC(CC(O)(C3)C1)C2. The van der Waals surface area contributed by atoms with E-state index in [0.717, 1.165) is 44.9 Å². The lowest BCUT2D eigenvalue weighted by atomic mass is 9.51. The van der Waals surface area contributed by atoms with Crippen LogP contribution in [0.1, 0.15) is 58.3 Å². The molecule has 28 heavy (non-hydrogen) atoms. The Bertz CT molecular complexity index is 645. The molecule has 0 spiro atoms. The molecule has 0 aromatic carbocycles. The molecule has 4 saturated carbocycles. The van der Waals surface area contributed by atoms with Crippen LogP contribution in [0, 0.1) is 23.2 Å². The number of hydrogen-bond acceptors (Lipinski definition) is 6. The van der Waals surface area contributed by atoms with Gasteiger partial charge in [0.1, 0.15) is 12.1 Å². The van der Waals surface area contributed by atoms with E-state index in [1.807, 2.05) is 0 Å². The minimum absolute atomic E-state index is 0.0453. The molecular weight excluding hydrogens is 362 g/mol. The largest absolute Gasteiger partial charge is 0.479 e. The van der Waals surface area contributed by atoms with E-state index in [-0.39, 0.29) is 17.5 Å². The van der Waals surface area contributed by atoms with Crippen molar-refractivity contribution in [1.82, 2.24) is 10.2 Å². The van der Waals surface area contributed by atoms with E-state index in [1.54, 1.807) is 4.90 Å². The summed E-state index contributed by atoms with van der Waals surface area (Å²) in [7, 11) is 0. The summed E-state index contributed by atoms with van der Waals surface area (Å²) >= 11 is 0. The highest BCUT2D eigenvalue weighted by molar-refractivity contribution is 5.79. The summed E-state index contributed by atoms with van der Waals surface area (Å²) in [5, 5.41) is 39.2. The standard InChI is InChI=1S/C17H25N3O2.C3H6O3/c18-9-14-2-1-3-20(14)15(21)10-19-16-5-12-4-13(6-16)8-17(22,7-12)11-16;1-2(4)3(5)6/h12-14,19,22H,1-8,10-11H2;2,4H,1H3,(H,5,6)/t12?,13?,14-,16?,17?;/m0./s1. The summed E-state index contributed by atoms with van der Waals surface area (Å²) in [6.07, 6.45) is 6.64. The Morgan fingerprint density at radius 3 is 2.39 bits per heavy atom. The summed E-state index contributed by atoms with van der Waals surface area (Å²) in [5.74, 6) is 0.0989. The third kappa shape index (κ3) is 4.48. The maximum absolute atomic E-state index is 12.4. The Kier molecular flexibility index (Phi) is 5.99. The summed E-state index contributed by atoms with van der Waals surface area (Å²) in [5.41, 5.74) is -0.542. The molecule has 4 bridgehead atoms. The number of carboxylic acids is 1. The first kappa shape index (κ1) is 21.0. The van der Waals surface area contributed by atoms with Crippen LogP contribution in [0.3, 0.4) is 0 Å². The van der Waals surface area contributed by atoms with Crippen molar-refractivity contribution in [3.8, 4) is 6.07 Å². The number of rotatable bonds is 4. The zero-order valence-corrected chi connectivity index (χ0v) is 16.4. The van der Waals surface area contributed by atoms with Crippen LogP contribution in [-0.2, 0) is 9.59 Å². The van der Waals surface area contributed by atoms with Crippen LogP contribution in [0.5, 0.6) is 0 Å². The van der Waals surface area contributed by atoms with E-state index in [9.17, 15) is 14.7 Å². The second-order valence-electron chi connectivity index (χ2n) is 9.21. The third-order valence-electron chi connectivity index (χ3n) is 6.72. The second kappa shape index (κ2) is 7.97. The number of carboxylic acid groups (broad SMARTS) is 1. The van der Waals surface area contributed by atoms with Crippen molar-refractivity contribution in [2.45, 2.75) is 81.6 Å². The molecule has 4 atom stereocenters.